The smallest absolute Gasteiger partial charge is 0.252 e. The third-order valence-electron chi connectivity index (χ3n) is 5.74. The van der Waals surface area contributed by atoms with Crippen molar-refractivity contribution in [2.24, 2.45) is 11.5 Å². The third kappa shape index (κ3) is 4.86. The van der Waals surface area contributed by atoms with Gasteiger partial charge >= 0.3 is 0 Å². The number of pyridine rings is 2. The molecule has 6 N–H and O–H groups in total. The van der Waals surface area contributed by atoms with E-state index in [1.807, 2.05) is 31.2 Å². The average molecular weight is 435 g/mol. The van der Waals surface area contributed by atoms with Crippen molar-refractivity contribution in [3.63, 3.8) is 0 Å². The summed E-state index contributed by atoms with van der Waals surface area (Å²) in [6.45, 7) is 2.02. The molecule has 1 aromatic carbocycles. The lowest BCUT2D eigenvalue weighted by atomic mass is 9.91. The number of primary amides is 1. The minimum absolute atomic E-state index is 0.0399. The van der Waals surface area contributed by atoms with E-state index in [0.29, 0.717) is 5.69 Å². The number of amides is 1. The monoisotopic (exact) mass is 434 g/mol. The summed E-state index contributed by atoms with van der Waals surface area (Å²) in [5.41, 5.74) is 15.3. The molecule has 1 amide bonds. The second-order valence-corrected chi connectivity index (χ2v) is 8.24. The lowest BCUT2D eigenvalue weighted by Crippen LogP contribution is -2.43. The Labute approximate surface area is 186 Å². The van der Waals surface area contributed by atoms with Gasteiger partial charge in [-0.2, -0.15) is 0 Å². The van der Waals surface area contributed by atoms with Gasteiger partial charge in [-0.1, -0.05) is 42.7 Å². The number of carbonyl (C=O) groups excluding carboxylic acids is 1. The zero-order valence-electron chi connectivity index (χ0n) is 17.9. The van der Waals surface area contributed by atoms with Crippen LogP contribution in [0, 0.1) is 12.7 Å². The standard InChI is InChI=1S/C24H27FN6O/c1-14-5-4-6-15(9-14)16-10-17(13-28-12-16)29-23-18(22(27)32)11-19(25)24(31-23)30-21-8-3-2-7-20(21)26/h4-6,9-13,20-21H,2-3,7-8,26H2,1H3,(H2,27,32)(H2,29,30,31). The number of hydrogen-bond donors (Lipinski definition) is 4. The van der Waals surface area contributed by atoms with Crippen LogP contribution < -0.4 is 22.1 Å². The number of nitrogens with zero attached hydrogens (tertiary/aromatic N) is 2. The molecule has 0 bridgehead atoms. The van der Waals surface area contributed by atoms with E-state index in [2.05, 4.69) is 26.7 Å². The van der Waals surface area contributed by atoms with E-state index in [1.54, 1.807) is 12.4 Å². The molecule has 2 heterocycles. The molecule has 1 fully saturated rings. The predicted molar refractivity (Wildman–Crippen MR) is 124 cm³/mol. The molecule has 0 radical (unpaired) electrons. The van der Waals surface area contributed by atoms with E-state index >= 15 is 0 Å². The predicted octanol–water partition coefficient (Wildman–Crippen LogP) is 4.12. The topological polar surface area (TPSA) is 119 Å². The van der Waals surface area contributed by atoms with Crippen LogP contribution in [0.3, 0.4) is 0 Å². The molecule has 7 nitrogen and oxygen atoms in total. The molecule has 0 spiro atoms. The van der Waals surface area contributed by atoms with E-state index < -0.39 is 11.7 Å². The van der Waals surface area contributed by atoms with Crippen LogP contribution in [0.2, 0.25) is 0 Å². The zero-order valence-corrected chi connectivity index (χ0v) is 17.9. The molecular formula is C24H27FN6O. The number of halogens is 1. The van der Waals surface area contributed by atoms with Crippen molar-refractivity contribution in [1.29, 1.82) is 0 Å². The summed E-state index contributed by atoms with van der Waals surface area (Å²) in [7, 11) is 0. The Kier molecular flexibility index (Phi) is 6.32. The minimum Gasteiger partial charge on any atom is -0.365 e. The van der Waals surface area contributed by atoms with Crippen LogP contribution in [-0.4, -0.2) is 28.0 Å². The van der Waals surface area contributed by atoms with Gasteiger partial charge in [-0.05, 0) is 37.5 Å². The Morgan fingerprint density at radius 2 is 1.91 bits per heavy atom. The maximum absolute atomic E-state index is 14.7. The van der Waals surface area contributed by atoms with Crippen molar-refractivity contribution in [2.75, 3.05) is 10.6 Å². The van der Waals surface area contributed by atoms with Crippen molar-refractivity contribution < 1.29 is 9.18 Å². The highest BCUT2D eigenvalue weighted by Gasteiger charge is 2.24. The number of hydrogen-bond acceptors (Lipinski definition) is 6. The third-order valence-corrected chi connectivity index (χ3v) is 5.74. The Balaban J connectivity index is 1.65. The molecule has 32 heavy (non-hydrogen) atoms. The SMILES string of the molecule is Cc1cccc(-c2cncc(Nc3nc(NC4CCCCC4N)c(F)cc3C(N)=O)c2)c1. The van der Waals surface area contributed by atoms with Crippen molar-refractivity contribution in [3.8, 4) is 11.1 Å². The van der Waals surface area contributed by atoms with Gasteiger partial charge in [0, 0.05) is 23.8 Å². The lowest BCUT2D eigenvalue weighted by molar-refractivity contribution is 0.100. The summed E-state index contributed by atoms with van der Waals surface area (Å²) < 4.78 is 14.7. The summed E-state index contributed by atoms with van der Waals surface area (Å²) in [5.74, 6) is -1.21. The molecular weight excluding hydrogens is 407 g/mol. The van der Waals surface area contributed by atoms with Gasteiger partial charge in [-0.25, -0.2) is 9.37 Å². The molecule has 8 heteroatoms. The molecule has 1 aliphatic rings. The highest BCUT2D eigenvalue weighted by atomic mass is 19.1. The Morgan fingerprint density at radius 3 is 2.66 bits per heavy atom. The molecule has 1 aliphatic carbocycles. The van der Waals surface area contributed by atoms with E-state index in [4.69, 9.17) is 11.5 Å². The van der Waals surface area contributed by atoms with Gasteiger partial charge in [0.2, 0.25) is 0 Å². The molecule has 2 unspecified atom stereocenters. The highest BCUT2D eigenvalue weighted by Crippen LogP contribution is 2.28. The van der Waals surface area contributed by atoms with Crippen LogP contribution in [0.4, 0.5) is 21.7 Å². The first kappa shape index (κ1) is 21.7. The maximum atomic E-state index is 14.7. The Hall–Kier alpha value is -3.52. The quantitative estimate of drug-likeness (QED) is 0.463. The van der Waals surface area contributed by atoms with Gasteiger partial charge in [-0.3, -0.25) is 9.78 Å². The van der Waals surface area contributed by atoms with Crippen LogP contribution in [0.1, 0.15) is 41.6 Å². The maximum Gasteiger partial charge on any atom is 0.252 e. The van der Waals surface area contributed by atoms with Crippen LogP contribution in [0.25, 0.3) is 11.1 Å². The molecule has 2 atom stereocenters. The normalized spacial score (nSPS) is 18.2. The number of benzene rings is 1. The van der Waals surface area contributed by atoms with E-state index in [0.717, 1.165) is 48.4 Å². The largest absolute Gasteiger partial charge is 0.365 e. The fourth-order valence-corrected chi connectivity index (χ4v) is 4.02. The van der Waals surface area contributed by atoms with Gasteiger partial charge in [-0.15, -0.1) is 0 Å². The Morgan fingerprint density at radius 1 is 1.09 bits per heavy atom. The molecule has 0 aliphatic heterocycles. The first-order valence-corrected chi connectivity index (χ1v) is 10.7. The Bertz CT molecular complexity index is 1140. The fraction of sp³-hybridized carbons (Fsp3) is 0.292. The first-order chi connectivity index (χ1) is 15.4. The van der Waals surface area contributed by atoms with E-state index in [9.17, 15) is 9.18 Å². The summed E-state index contributed by atoms with van der Waals surface area (Å²) in [5, 5.41) is 6.20. The first-order valence-electron chi connectivity index (χ1n) is 10.7. The second kappa shape index (κ2) is 9.32. The van der Waals surface area contributed by atoms with Crippen LogP contribution >= 0.6 is 0 Å². The fourth-order valence-electron chi connectivity index (χ4n) is 4.02. The molecule has 166 valence electrons. The average Bonchev–Trinajstić information content (AvgIpc) is 2.77. The summed E-state index contributed by atoms with van der Waals surface area (Å²) in [6, 6.07) is 10.9. The molecule has 0 saturated heterocycles. The number of anilines is 3. The molecule has 3 aromatic rings. The van der Waals surface area contributed by atoms with Crippen molar-refractivity contribution in [1.82, 2.24) is 9.97 Å². The van der Waals surface area contributed by atoms with Crippen molar-refractivity contribution >= 4 is 23.2 Å². The van der Waals surface area contributed by atoms with Gasteiger partial charge in [0.05, 0.1) is 17.4 Å². The highest BCUT2D eigenvalue weighted by molar-refractivity contribution is 5.98. The second-order valence-electron chi connectivity index (χ2n) is 8.24. The van der Waals surface area contributed by atoms with Gasteiger partial charge in [0.1, 0.15) is 5.82 Å². The number of rotatable bonds is 6. The summed E-state index contributed by atoms with van der Waals surface area (Å²) in [6.07, 6.45) is 7.16. The van der Waals surface area contributed by atoms with Gasteiger partial charge < -0.3 is 22.1 Å². The summed E-state index contributed by atoms with van der Waals surface area (Å²) in [4.78, 5) is 20.6. The van der Waals surface area contributed by atoms with Gasteiger partial charge in [0.15, 0.2) is 11.6 Å². The number of carbonyl (C=O) groups is 1. The van der Waals surface area contributed by atoms with Crippen LogP contribution in [0.5, 0.6) is 0 Å². The lowest BCUT2D eigenvalue weighted by Gasteiger charge is -2.30. The van der Waals surface area contributed by atoms with Crippen LogP contribution in [0.15, 0.2) is 48.8 Å². The van der Waals surface area contributed by atoms with Crippen molar-refractivity contribution in [2.45, 2.75) is 44.7 Å². The number of nitrogens with two attached hydrogens (primary N) is 2. The van der Waals surface area contributed by atoms with E-state index in [-0.39, 0.29) is 29.3 Å². The number of nitrogens with one attached hydrogen (secondary N) is 2. The van der Waals surface area contributed by atoms with Crippen LogP contribution in [-0.2, 0) is 0 Å². The summed E-state index contributed by atoms with van der Waals surface area (Å²) >= 11 is 0. The molecule has 4 rings (SSSR count). The molecule has 2 aromatic heterocycles. The van der Waals surface area contributed by atoms with Gasteiger partial charge in [0.25, 0.3) is 5.91 Å². The van der Waals surface area contributed by atoms with E-state index in [1.165, 1.54) is 0 Å². The van der Waals surface area contributed by atoms with Crippen molar-refractivity contribution in [3.05, 3.63) is 65.7 Å². The molecule has 1 saturated carbocycles. The minimum atomic E-state index is -0.775. The number of aromatic nitrogens is 2. The zero-order chi connectivity index (χ0) is 22.7. The number of aryl methyl sites for hydroxylation is 1.